The number of aryl methyl sites for hydroxylation is 3. The summed E-state index contributed by atoms with van der Waals surface area (Å²) in [6, 6.07) is 14.1. The van der Waals surface area contributed by atoms with Crippen molar-refractivity contribution < 1.29 is 9.15 Å². The van der Waals surface area contributed by atoms with Gasteiger partial charge in [0.1, 0.15) is 5.75 Å². The van der Waals surface area contributed by atoms with Gasteiger partial charge in [-0.05, 0) is 54.7 Å². The Morgan fingerprint density at radius 3 is 2.54 bits per heavy atom. The van der Waals surface area contributed by atoms with Gasteiger partial charge in [0.25, 0.3) is 5.22 Å². The highest BCUT2D eigenvalue weighted by molar-refractivity contribution is 7.98. The SMILES string of the molecule is COc1ccc(CCCc2nnc(SCc3ccc(Cl)cc3)o2)cc1C. The fourth-order valence-electron chi connectivity index (χ4n) is 2.66. The van der Waals surface area contributed by atoms with Crippen molar-refractivity contribution in [3.8, 4) is 5.75 Å². The molecule has 3 rings (SSSR count). The lowest BCUT2D eigenvalue weighted by Gasteiger charge is -2.06. The maximum absolute atomic E-state index is 5.89. The molecule has 4 nitrogen and oxygen atoms in total. The smallest absolute Gasteiger partial charge is 0.276 e. The van der Waals surface area contributed by atoms with Crippen LogP contribution in [0.2, 0.25) is 5.02 Å². The molecule has 0 amide bonds. The fraction of sp³-hybridized carbons (Fsp3) is 0.300. The van der Waals surface area contributed by atoms with Crippen LogP contribution in [0.25, 0.3) is 0 Å². The van der Waals surface area contributed by atoms with E-state index in [0.717, 1.165) is 41.4 Å². The molecule has 6 heteroatoms. The molecule has 0 N–H and O–H groups in total. The van der Waals surface area contributed by atoms with Gasteiger partial charge in [0.15, 0.2) is 0 Å². The first kappa shape index (κ1) is 18.8. The zero-order valence-corrected chi connectivity index (χ0v) is 16.4. The van der Waals surface area contributed by atoms with Crippen molar-refractivity contribution in [1.82, 2.24) is 10.2 Å². The summed E-state index contributed by atoms with van der Waals surface area (Å²) in [6.07, 6.45) is 2.72. The molecular weight excluding hydrogens is 368 g/mol. The number of rotatable bonds is 8. The third kappa shape index (κ3) is 5.26. The Morgan fingerprint density at radius 2 is 1.81 bits per heavy atom. The lowest BCUT2D eigenvalue weighted by molar-refractivity contribution is 0.408. The third-order valence-electron chi connectivity index (χ3n) is 4.04. The van der Waals surface area contributed by atoms with Crippen molar-refractivity contribution in [2.75, 3.05) is 7.11 Å². The van der Waals surface area contributed by atoms with Crippen LogP contribution in [0, 0.1) is 6.92 Å². The maximum atomic E-state index is 5.89. The van der Waals surface area contributed by atoms with Gasteiger partial charge >= 0.3 is 0 Å². The van der Waals surface area contributed by atoms with Gasteiger partial charge in [-0.15, -0.1) is 10.2 Å². The van der Waals surface area contributed by atoms with E-state index in [4.69, 9.17) is 20.8 Å². The molecule has 0 bridgehead atoms. The van der Waals surface area contributed by atoms with Gasteiger partial charge in [-0.1, -0.05) is 47.6 Å². The molecule has 1 heterocycles. The van der Waals surface area contributed by atoms with E-state index in [9.17, 15) is 0 Å². The maximum Gasteiger partial charge on any atom is 0.276 e. The topological polar surface area (TPSA) is 48.2 Å². The van der Waals surface area contributed by atoms with Crippen LogP contribution in [-0.2, 0) is 18.6 Å². The molecule has 26 heavy (non-hydrogen) atoms. The summed E-state index contributed by atoms with van der Waals surface area (Å²) in [5.41, 5.74) is 3.62. The molecule has 3 aromatic rings. The zero-order chi connectivity index (χ0) is 18.4. The van der Waals surface area contributed by atoms with Gasteiger partial charge in [-0.25, -0.2) is 0 Å². The van der Waals surface area contributed by atoms with Crippen molar-refractivity contribution in [2.24, 2.45) is 0 Å². The summed E-state index contributed by atoms with van der Waals surface area (Å²) < 4.78 is 11.0. The summed E-state index contributed by atoms with van der Waals surface area (Å²) >= 11 is 7.43. The first-order chi connectivity index (χ1) is 12.6. The van der Waals surface area contributed by atoms with E-state index in [2.05, 4.69) is 29.3 Å². The molecule has 136 valence electrons. The molecule has 0 aliphatic heterocycles. The Balaban J connectivity index is 1.46. The van der Waals surface area contributed by atoms with Crippen molar-refractivity contribution in [2.45, 2.75) is 37.2 Å². The van der Waals surface area contributed by atoms with Gasteiger partial charge < -0.3 is 9.15 Å². The molecule has 0 fully saturated rings. The van der Waals surface area contributed by atoms with E-state index in [-0.39, 0.29) is 0 Å². The van der Waals surface area contributed by atoms with Gasteiger partial charge in [0, 0.05) is 17.2 Å². The van der Waals surface area contributed by atoms with Crippen LogP contribution in [0.3, 0.4) is 0 Å². The van der Waals surface area contributed by atoms with E-state index in [0.29, 0.717) is 11.1 Å². The van der Waals surface area contributed by atoms with Crippen LogP contribution in [0.4, 0.5) is 0 Å². The quantitative estimate of drug-likeness (QED) is 0.476. The summed E-state index contributed by atoms with van der Waals surface area (Å²) in [5.74, 6) is 2.39. The number of thioether (sulfide) groups is 1. The van der Waals surface area contributed by atoms with Crippen LogP contribution < -0.4 is 4.74 Å². The Bertz CT molecular complexity index is 849. The van der Waals surface area contributed by atoms with Crippen molar-refractivity contribution >= 4 is 23.4 Å². The van der Waals surface area contributed by atoms with Crippen molar-refractivity contribution in [3.63, 3.8) is 0 Å². The number of hydrogen-bond donors (Lipinski definition) is 0. The predicted octanol–water partition coefficient (Wildman–Crippen LogP) is 5.51. The molecule has 0 atom stereocenters. The zero-order valence-electron chi connectivity index (χ0n) is 14.9. The number of methoxy groups -OCH3 is 1. The lowest BCUT2D eigenvalue weighted by atomic mass is 10.1. The minimum absolute atomic E-state index is 0.607. The van der Waals surface area contributed by atoms with Crippen LogP contribution in [0.15, 0.2) is 52.1 Å². The summed E-state index contributed by atoms with van der Waals surface area (Å²) in [7, 11) is 1.69. The normalized spacial score (nSPS) is 10.9. The minimum atomic E-state index is 0.607. The first-order valence-electron chi connectivity index (χ1n) is 8.47. The number of halogens is 1. The molecule has 0 radical (unpaired) electrons. The van der Waals surface area contributed by atoms with Crippen LogP contribution in [0.1, 0.15) is 29.0 Å². The van der Waals surface area contributed by atoms with Gasteiger partial charge in [0.2, 0.25) is 5.89 Å². The second kappa shape index (κ2) is 9.10. The number of aromatic nitrogens is 2. The molecule has 1 aromatic heterocycles. The highest BCUT2D eigenvalue weighted by Gasteiger charge is 2.08. The number of nitrogens with zero attached hydrogens (tertiary/aromatic N) is 2. The highest BCUT2D eigenvalue weighted by Crippen LogP contribution is 2.23. The standard InChI is InChI=1S/C20H21ClN2O2S/c1-14-12-15(8-11-18(14)24-2)4-3-5-19-22-23-20(25-19)26-13-16-6-9-17(21)10-7-16/h6-12H,3-5,13H2,1-2H3. The highest BCUT2D eigenvalue weighted by atomic mass is 35.5. The van der Waals surface area contributed by atoms with E-state index in [1.54, 1.807) is 7.11 Å². The molecule has 0 unspecified atom stereocenters. The first-order valence-corrected chi connectivity index (χ1v) is 9.83. The molecule has 0 saturated heterocycles. The van der Waals surface area contributed by atoms with Crippen LogP contribution >= 0.6 is 23.4 Å². The van der Waals surface area contributed by atoms with Crippen LogP contribution in [-0.4, -0.2) is 17.3 Å². The third-order valence-corrected chi connectivity index (χ3v) is 5.18. The predicted molar refractivity (Wildman–Crippen MR) is 105 cm³/mol. The lowest BCUT2D eigenvalue weighted by Crippen LogP contribution is -1.93. The second-order valence-electron chi connectivity index (χ2n) is 6.03. The monoisotopic (exact) mass is 388 g/mol. The average molecular weight is 389 g/mol. The molecule has 2 aromatic carbocycles. The molecular formula is C20H21ClN2O2S. The molecule has 0 aliphatic carbocycles. The average Bonchev–Trinajstić information content (AvgIpc) is 3.09. The second-order valence-corrected chi connectivity index (χ2v) is 7.40. The van der Waals surface area contributed by atoms with Gasteiger partial charge in [-0.2, -0.15) is 0 Å². The number of hydrogen-bond acceptors (Lipinski definition) is 5. The van der Waals surface area contributed by atoms with Gasteiger partial charge in [0.05, 0.1) is 7.11 Å². The molecule has 0 saturated carbocycles. The number of benzene rings is 2. The Hall–Kier alpha value is -1.98. The Morgan fingerprint density at radius 1 is 1.04 bits per heavy atom. The summed E-state index contributed by atoms with van der Waals surface area (Å²) in [6.45, 7) is 2.06. The Labute approximate surface area is 162 Å². The van der Waals surface area contributed by atoms with Crippen molar-refractivity contribution in [1.29, 1.82) is 0 Å². The molecule has 0 aliphatic rings. The Kier molecular flexibility index (Phi) is 6.58. The van der Waals surface area contributed by atoms with E-state index >= 15 is 0 Å². The molecule has 0 spiro atoms. The summed E-state index contributed by atoms with van der Waals surface area (Å²) in [4.78, 5) is 0. The largest absolute Gasteiger partial charge is 0.496 e. The number of ether oxygens (including phenoxy) is 1. The summed E-state index contributed by atoms with van der Waals surface area (Å²) in [5, 5.41) is 9.60. The minimum Gasteiger partial charge on any atom is -0.496 e. The van der Waals surface area contributed by atoms with Crippen LogP contribution in [0.5, 0.6) is 5.75 Å². The van der Waals surface area contributed by atoms with Crippen molar-refractivity contribution in [3.05, 3.63) is 70.1 Å². The fourth-order valence-corrected chi connectivity index (χ4v) is 3.53. The van der Waals surface area contributed by atoms with E-state index in [1.807, 2.05) is 30.3 Å². The van der Waals surface area contributed by atoms with Gasteiger partial charge in [-0.3, -0.25) is 0 Å². The van der Waals surface area contributed by atoms with E-state index < -0.39 is 0 Å². The van der Waals surface area contributed by atoms with E-state index in [1.165, 1.54) is 22.9 Å².